The van der Waals surface area contributed by atoms with Gasteiger partial charge in [0.1, 0.15) is 5.75 Å². The van der Waals surface area contributed by atoms with E-state index >= 15 is 0 Å². The van der Waals surface area contributed by atoms with Crippen LogP contribution in [-0.2, 0) is 16.1 Å². The number of benzene rings is 1. The van der Waals surface area contributed by atoms with Crippen LogP contribution in [0.15, 0.2) is 47.4 Å². The molecule has 1 aromatic carbocycles. The summed E-state index contributed by atoms with van der Waals surface area (Å²) in [6.07, 6.45) is 10.4. The van der Waals surface area contributed by atoms with Crippen molar-refractivity contribution in [1.29, 1.82) is 0 Å². The standard InChI is InChI=1S/C26H32N2O2.C2H2O4/c29-26-24(10-6-16-27-26)19-28-17-14-21(15-18-28)12-13-23-9-4-5-11-25(23)30-20-22-7-2-1-3-8-22;3-1(4)2(5)6/h4-6,9-11,16,21-22H,1-3,7-8,14-15,17-20H2,(H,27,29);(H,3,4)(H,5,6). The highest BCUT2D eigenvalue weighted by Gasteiger charge is 2.19. The molecule has 0 spiro atoms. The SMILES string of the molecule is O=C(O)C(=O)O.O=c1[nH]cccc1CN1CCC(C#Cc2ccccc2OCC2CCCCC2)CC1. The molecule has 4 rings (SSSR count). The summed E-state index contributed by atoms with van der Waals surface area (Å²) < 4.78 is 6.17. The second-order valence-electron chi connectivity index (χ2n) is 9.27. The maximum atomic E-state index is 11.9. The molecule has 8 heteroatoms. The fourth-order valence-electron chi connectivity index (χ4n) is 4.49. The number of para-hydroxylation sites is 1. The Hall–Kier alpha value is -3.57. The van der Waals surface area contributed by atoms with Gasteiger partial charge < -0.3 is 19.9 Å². The van der Waals surface area contributed by atoms with Gasteiger partial charge in [-0.2, -0.15) is 0 Å². The van der Waals surface area contributed by atoms with E-state index in [1.165, 1.54) is 32.1 Å². The molecular formula is C28H34N2O6. The summed E-state index contributed by atoms with van der Waals surface area (Å²) in [5, 5.41) is 14.8. The van der Waals surface area contributed by atoms with Crippen molar-refractivity contribution in [2.75, 3.05) is 19.7 Å². The highest BCUT2D eigenvalue weighted by molar-refractivity contribution is 6.27. The van der Waals surface area contributed by atoms with E-state index in [-0.39, 0.29) is 5.56 Å². The van der Waals surface area contributed by atoms with Gasteiger partial charge in [-0.15, -0.1) is 0 Å². The zero-order valence-corrected chi connectivity index (χ0v) is 20.4. The second-order valence-corrected chi connectivity index (χ2v) is 9.27. The summed E-state index contributed by atoms with van der Waals surface area (Å²) in [5.74, 6) is 5.26. The first-order valence-corrected chi connectivity index (χ1v) is 12.5. The third-order valence-electron chi connectivity index (χ3n) is 6.56. The summed E-state index contributed by atoms with van der Waals surface area (Å²) in [5.41, 5.74) is 1.86. The summed E-state index contributed by atoms with van der Waals surface area (Å²) in [7, 11) is 0. The number of aromatic amines is 1. The lowest BCUT2D eigenvalue weighted by atomic mass is 9.90. The Morgan fingerprint density at radius 3 is 2.33 bits per heavy atom. The highest BCUT2D eigenvalue weighted by Crippen LogP contribution is 2.26. The van der Waals surface area contributed by atoms with Crippen LogP contribution in [-0.4, -0.2) is 51.7 Å². The minimum absolute atomic E-state index is 0.0178. The Labute approximate surface area is 211 Å². The Kier molecular flexibility index (Phi) is 10.6. The quantitative estimate of drug-likeness (QED) is 0.428. The van der Waals surface area contributed by atoms with Crippen molar-refractivity contribution in [3.63, 3.8) is 0 Å². The average Bonchev–Trinajstić information content (AvgIpc) is 2.90. The highest BCUT2D eigenvalue weighted by atomic mass is 16.5. The molecular weight excluding hydrogens is 460 g/mol. The van der Waals surface area contributed by atoms with Gasteiger partial charge in [-0.1, -0.05) is 49.3 Å². The van der Waals surface area contributed by atoms with Gasteiger partial charge in [0.25, 0.3) is 5.56 Å². The van der Waals surface area contributed by atoms with E-state index in [0.717, 1.165) is 49.4 Å². The molecule has 0 atom stereocenters. The molecule has 192 valence electrons. The van der Waals surface area contributed by atoms with E-state index in [1.807, 2.05) is 30.3 Å². The molecule has 0 bridgehead atoms. The topological polar surface area (TPSA) is 120 Å². The van der Waals surface area contributed by atoms with Gasteiger partial charge in [0.05, 0.1) is 12.2 Å². The molecule has 2 heterocycles. The molecule has 8 nitrogen and oxygen atoms in total. The molecule has 36 heavy (non-hydrogen) atoms. The number of ether oxygens (including phenoxy) is 1. The molecule has 2 aliphatic rings. The predicted molar refractivity (Wildman–Crippen MR) is 136 cm³/mol. The van der Waals surface area contributed by atoms with E-state index in [4.69, 9.17) is 24.5 Å². The minimum Gasteiger partial charge on any atom is -0.492 e. The smallest absolute Gasteiger partial charge is 0.414 e. The number of nitrogens with one attached hydrogen (secondary N) is 1. The van der Waals surface area contributed by atoms with Crippen molar-refractivity contribution in [1.82, 2.24) is 9.88 Å². The van der Waals surface area contributed by atoms with E-state index in [0.29, 0.717) is 18.4 Å². The Morgan fingerprint density at radius 1 is 0.972 bits per heavy atom. The summed E-state index contributed by atoms with van der Waals surface area (Å²) in [6.45, 7) is 3.49. The third-order valence-corrected chi connectivity index (χ3v) is 6.56. The van der Waals surface area contributed by atoms with Crippen LogP contribution in [0.5, 0.6) is 5.75 Å². The molecule has 1 saturated carbocycles. The number of carboxylic acid groups (broad SMARTS) is 2. The lowest BCUT2D eigenvalue weighted by molar-refractivity contribution is -0.159. The first kappa shape index (κ1) is 27.0. The fourth-order valence-corrected chi connectivity index (χ4v) is 4.49. The normalized spacial score (nSPS) is 16.7. The van der Waals surface area contributed by atoms with Crippen molar-refractivity contribution in [3.05, 3.63) is 64.1 Å². The van der Waals surface area contributed by atoms with Gasteiger partial charge in [-0.05, 0) is 62.9 Å². The van der Waals surface area contributed by atoms with Crippen LogP contribution >= 0.6 is 0 Å². The maximum Gasteiger partial charge on any atom is 0.414 e. The number of carbonyl (C=O) groups is 2. The number of aliphatic carboxylic acids is 2. The van der Waals surface area contributed by atoms with Crippen LogP contribution in [0.25, 0.3) is 0 Å². The number of aromatic nitrogens is 1. The Bertz CT molecular complexity index is 1110. The van der Waals surface area contributed by atoms with E-state index in [2.05, 4.69) is 27.8 Å². The lowest BCUT2D eigenvalue weighted by Crippen LogP contribution is -2.34. The van der Waals surface area contributed by atoms with Crippen LogP contribution in [0.2, 0.25) is 0 Å². The number of rotatable bonds is 5. The molecule has 2 fully saturated rings. The number of likely N-dealkylation sites (tertiary alicyclic amines) is 1. The van der Waals surface area contributed by atoms with Crippen LogP contribution < -0.4 is 10.3 Å². The predicted octanol–water partition coefficient (Wildman–Crippen LogP) is 3.75. The van der Waals surface area contributed by atoms with Crippen LogP contribution in [0.3, 0.4) is 0 Å². The van der Waals surface area contributed by atoms with E-state index in [9.17, 15) is 4.79 Å². The van der Waals surface area contributed by atoms with Crippen molar-refractivity contribution < 1.29 is 24.5 Å². The summed E-state index contributed by atoms with van der Waals surface area (Å²) in [4.78, 5) is 35.2. The molecule has 3 N–H and O–H groups in total. The third kappa shape index (κ3) is 8.90. The van der Waals surface area contributed by atoms with Crippen molar-refractivity contribution >= 4 is 11.9 Å². The van der Waals surface area contributed by atoms with Gasteiger partial charge in [-0.3, -0.25) is 9.69 Å². The number of piperidine rings is 1. The number of H-pyrrole nitrogens is 1. The molecule has 0 unspecified atom stereocenters. The van der Waals surface area contributed by atoms with Crippen molar-refractivity contribution in [2.45, 2.75) is 51.5 Å². The Balaban J connectivity index is 0.000000538. The Morgan fingerprint density at radius 2 is 1.67 bits per heavy atom. The summed E-state index contributed by atoms with van der Waals surface area (Å²) >= 11 is 0. The van der Waals surface area contributed by atoms with Crippen molar-refractivity contribution in [2.24, 2.45) is 11.8 Å². The van der Waals surface area contributed by atoms with Crippen LogP contribution in [0.1, 0.15) is 56.1 Å². The molecule has 1 aliphatic carbocycles. The van der Waals surface area contributed by atoms with E-state index < -0.39 is 11.9 Å². The largest absolute Gasteiger partial charge is 0.492 e. The monoisotopic (exact) mass is 494 g/mol. The van der Waals surface area contributed by atoms with Gasteiger partial charge in [0.2, 0.25) is 0 Å². The minimum atomic E-state index is -1.82. The van der Waals surface area contributed by atoms with Gasteiger partial charge in [-0.25, -0.2) is 9.59 Å². The second kappa shape index (κ2) is 14.1. The van der Waals surface area contributed by atoms with E-state index in [1.54, 1.807) is 6.20 Å². The van der Waals surface area contributed by atoms with Gasteiger partial charge >= 0.3 is 11.9 Å². The van der Waals surface area contributed by atoms with Crippen LogP contribution in [0.4, 0.5) is 0 Å². The fraction of sp³-hybridized carbons (Fsp3) is 0.464. The summed E-state index contributed by atoms with van der Waals surface area (Å²) in [6, 6.07) is 12.0. The number of pyridine rings is 1. The average molecular weight is 495 g/mol. The number of carboxylic acids is 2. The number of hydrogen-bond donors (Lipinski definition) is 3. The van der Waals surface area contributed by atoms with Crippen LogP contribution in [0, 0.1) is 23.7 Å². The van der Waals surface area contributed by atoms with Crippen molar-refractivity contribution in [3.8, 4) is 17.6 Å². The number of hydrogen-bond acceptors (Lipinski definition) is 5. The molecule has 0 radical (unpaired) electrons. The molecule has 1 aliphatic heterocycles. The molecule has 0 amide bonds. The van der Waals surface area contributed by atoms with Gasteiger partial charge in [0.15, 0.2) is 0 Å². The molecule has 1 saturated heterocycles. The lowest BCUT2D eigenvalue weighted by Gasteiger charge is -2.29. The zero-order valence-electron chi connectivity index (χ0n) is 20.4. The molecule has 1 aromatic heterocycles. The molecule has 2 aromatic rings. The first-order valence-electron chi connectivity index (χ1n) is 12.5. The first-order chi connectivity index (χ1) is 17.4. The zero-order chi connectivity index (χ0) is 25.8. The van der Waals surface area contributed by atoms with Gasteiger partial charge in [0, 0.05) is 24.2 Å². The number of nitrogens with zero attached hydrogens (tertiary/aromatic N) is 1. The maximum absolute atomic E-state index is 11.9.